The fraction of sp³-hybridized carbons (Fsp3) is 0. The van der Waals surface area contributed by atoms with Gasteiger partial charge in [0.05, 0.1) is 11.0 Å². The average molecular weight is 648 g/mol. The Morgan fingerprint density at radius 2 is 0.706 bits per heavy atom. The Balaban J connectivity index is 1.19. The van der Waals surface area contributed by atoms with Gasteiger partial charge in [-0.05, 0) is 96.4 Å². The maximum absolute atomic E-state index is 2.39. The highest BCUT2D eigenvalue weighted by atomic mass is 15.0. The Hall–Kier alpha value is -6.70. The predicted octanol–water partition coefficient (Wildman–Crippen LogP) is 13.8. The van der Waals surface area contributed by atoms with E-state index in [1.54, 1.807) is 0 Å². The largest absolute Gasteiger partial charge is 0.309 e. The molecule has 1 nitrogen and oxygen atoms in total. The van der Waals surface area contributed by atoms with Crippen molar-refractivity contribution in [3.8, 4) is 50.2 Å². The van der Waals surface area contributed by atoms with Crippen LogP contribution in [0.2, 0.25) is 0 Å². The van der Waals surface area contributed by atoms with Crippen LogP contribution < -0.4 is 0 Å². The standard InChI is InChI=1S/C50H33N/c1-3-15-34(16-4-1)35-27-29-36(30-28-35)49-42-22-9-11-24-44(42)50(45-25-12-10-23-43(45)49)41-21-8-7-19-39(41)37-31-32-48-46(33-37)40-20-13-14-26-47(40)51(48)38-17-5-2-6-18-38/h1-33H. The topological polar surface area (TPSA) is 4.93 Å². The Labute approximate surface area is 297 Å². The molecule has 0 aliphatic heterocycles. The van der Waals surface area contributed by atoms with Crippen LogP contribution in [0.5, 0.6) is 0 Å². The van der Waals surface area contributed by atoms with E-state index in [0.29, 0.717) is 0 Å². The first kappa shape index (κ1) is 29.2. The van der Waals surface area contributed by atoms with Gasteiger partial charge in [-0.25, -0.2) is 0 Å². The molecule has 0 fully saturated rings. The van der Waals surface area contributed by atoms with Crippen LogP contribution >= 0.6 is 0 Å². The summed E-state index contributed by atoms with van der Waals surface area (Å²) in [5.74, 6) is 0. The van der Waals surface area contributed by atoms with Crippen LogP contribution in [-0.2, 0) is 0 Å². The highest BCUT2D eigenvalue weighted by Gasteiger charge is 2.20. The lowest BCUT2D eigenvalue weighted by atomic mass is 9.83. The third-order valence-electron chi connectivity index (χ3n) is 10.4. The van der Waals surface area contributed by atoms with Gasteiger partial charge >= 0.3 is 0 Å². The summed E-state index contributed by atoms with van der Waals surface area (Å²) in [5, 5.41) is 7.55. The van der Waals surface area contributed by atoms with E-state index in [1.807, 2.05) is 0 Å². The molecule has 0 atom stereocenters. The van der Waals surface area contributed by atoms with Crippen molar-refractivity contribution in [1.29, 1.82) is 0 Å². The summed E-state index contributed by atoms with van der Waals surface area (Å²) >= 11 is 0. The third-order valence-corrected chi connectivity index (χ3v) is 10.4. The number of hydrogen-bond acceptors (Lipinski definition) is 0. The van der Waals surface area contributed by atoms with E-state index < -0.39 is 0 Å². The minimum absolute atomic E-state index is 1.17. The average Bonchev–Trinajstić information content (AvgIpc) is 3.54. The number of fused-ring (bicyclic) bond motifs is 5. The summed E-state index contributed by atoms with van der Waals surface area (Å²) < 4.78 is 2.38. The fourth-order valence-electron chi connectivity index (χ4n) is 8.14. The smallest absolute Gasteiger partial charge is 0.0541 e. The molecule has 0 radical (unpaired) electrons. The maximum Gasteiger partial charge on any atom is 0.0541 e. The molecule has 51 heavy (non-hydrogen) atoms. The van der Waals surface area contributed by atoms with Gasteiger partial charge in [-0.2, -0.15) is 0 Å². The molecular weight excluding hydrogens is 615 g/mol. The van der Waals surface area contributed by atoms with E-state index in [2.05, 4.69) is 205 Å². The van der Waals surface area contributed by atoms with E-state index >= 15 is 0 Å². The number of nitrogens with zero attached hydrogens (tertiary/aromatic N) is 1. The molecule has 0 N–H and O–H groups in total. The van der Waals surface area contributed by atoms with Crippen LogP contribution in [-0.4, -0.2) is 4.57 Å². The second-order valence-corrected chi connectivity index (χ2v) is 13.3. The van der Waals surface area contributed by atoms with Gasteiger partial charge in [-0.1, -0.05) is 170 Å². The summed E-state index contributed by atoms with van der Waals surface area (Å²) in [7, 11) is 0. The molecule has 9 aromatic carbocycles. The lowest BCUT2D eigenvalue weighted by Crippen LogP contribution is -1.94. The van der Waals surface area contributed by atoms with Gasteiger partial charge < -0.3 is 4.57 Å². The SMILES string of the molecule is c1ccc(-c2ccc(-c3c4ccccc4c(-c4ccccc4-c4ccc5c(c4)c4ccccc4n5-c4ccccc4)c4ccccc34)cc2)cc1. The number of hydrogen-bond donors (Lipinski definition) is 0. The van der Waals surface area contributed by atoms with Crippen molar-refractivity contribution in [3.63, 3.8) is 0 Å². The molecule has 0 spiro atoms. The lowest BCUT2D eigenvalue weighted by molar-refractivity contribution is 1.18. The van der Waals surface area contributed by atoms with Crippen LogP contribution in [0.25, 0.3) is 93.5 Å². The summed E-state index contributed by atoms with van der Waals surface area (Å²) in [5.41, 5.74) is 13.5. The first-order valence-corrected chi connectivity index (χ1v) is 17.6. The molecule has 0 amide bonds. The Morgan fingerprint density at radius 3 is 1.37 bits per heavy atom. The summed E-state index contributed by atoms with van der Waals surface area (Å²) in [6.45, 7) is 0. The van der Waals surface area contributed by atoms with Gasteiger partial charge in [0.2, 0.25) is 0 Å². The van der Waals surface area contributed by atoms with E-state index in [9.17, 15) is 0 Å². The van der Waals surface area contributed by atoms with Crippen molar-refractivity contribution in [2.45, 2.75) is 0 Å². The van der Waals surface area contributed by atoms with Crippen molar-refractivity contribution in [1.82, 2.24) is 4.57 Å². The molecule has 0 saturated heterocycles. The minimum Gasteiger partial charge on any atom is -0.309 e. The van der Waals surface area contributed by atoms with Gasteiger partial charge in [-0.15, -0.1) is 0 Å². The van der Waals surface area contributed by atoms with Crippen LogP contribution in [0.1, 0.15) is 0 Å². The van der Waals surface area contributed by atoms with Crippen LogP contribution in [0.15, 0.2) is 200 Å². The van der Waals surface area contributed by atoms with Gasteiger partial charge in [0.15, 0.2) is 0 Å². The van der Waals surface area contributed by atoms with Crippen LogP contribution in [0.3, 0.4) is 0 Å². The van der Waals surface area contributed by atoms with Crippen molar-refractivity contribution in [2.24, 2.45) is 0 Å². The molecule has 1 aromatic heterocycles. The second-order valence-electron chi connectivity index (χ2n) is 13.3. The second kappa shape index (κ2) is 12.0. The Kier molecular flexibility index (Phi) is 6.89. The molecule has 0 saturated carbocycles. The number of benzene rings is 9. The lowest BCUT2D eigenvalue weighted by Gasteiger charge is -2.20. The molecule has 10 rings (SSSR count). The Bertz CT molecular complexity index is 2820. The third kappa shape index (κ3) is 4.78. The van der Waals surface area contributed by atoms with Crippen molar-refractivity contribution in [2.75, 3.05) is 0 Å². The minimum atomic E-state index is 1.17. The molecular formula is C50H33N. The molecule has 0 aliphatic carbocycles. The van der Waals surface area contributed by atoms with Crippen molar-refractivity contribution < 1.29 is 0 Å². The van der Waals surface area contributed by atoms with Crippen molar-refractivity contribution in [3.05, 3.63) is 200 Å². The number of para-hydroxylation sites is 2. The van der Waals surface area contributed by atoms with E-state index in [0.717, 1.165) is 0 Å². The summed E-state index contributed by atoms with van der Waals surface area (Å²) in [6.07, 6.45) is 0. The molecule has 238 valence electrons. The molecule has 0 aliphatic rings. The monoisotopic (exact) mass is 647 g/mol. The zero-order chi connectivity index (χ0) is 33.7. The zero-order valence-electron chi connectivity index (χ0n) is 28.0. The highest BCUT2D eigenvalue weighted by molar-refractivity contribution is 6.22. The van der Waals surface area contributed by atoms with Gasteiger partial charge in [-0.3, -0.25) is 0 Å². The Morgan fingerprint density at radius 1 is 0.255 bits per heavy atom. The van der Waals surface area contributed by atoms with Crippen LogP contribution in [0.4, 0.5) is 0 Å². The van der Waals surface area contributed by atoms with E-state index in [-0.39, 0.29) is 0 Å². The predicted molar refractivity (Wildman–Crippen MR) is 218 cm³/mol. The van der Waals surface area contributed by atoms with Gasteiger partial charge in [0.1, 0.15) is 0 Å². The molecule has 1 heteroatoms. The highest BCUT2D eigenvalue weighted by Crippen LogP contribution is 2.46. The van der Waals surface area contributed by atoms with E-state index in [4.69, 9.17) is 0 Å². The van der Waals surface area contributed by atoms with Gasteiger partial charge in [0.25, 0.3) is 0 Å². The fourth-order valence-corrected chi connectivity index (χ4v) is 8.14. The molecule has 0 unspecified atom stereocenters. The van der Waals surface area contributed by atoms with Crippen LogP contribution in [0, 0.1) is 0 Å². The summed E-state index contributed by atoms with van der Waals surface area (Å²) in [6, 6.07) is 72.9. The van der Waals surface area contributed by atoms with Crippen molar-refractivity contribution >= 4 is 43.4 Å². The number of rotatable bonds is 5. The summed E-state index contributed by atoms with van der Waals surface area (Å²) in [4.78, 5) is 0. The first-order chi connectivity index (χ1) is 25.3. The maximum atomic E-state index is 2.39. The zero-order valence-corrected chi connectivity index (χ0v) is 28.0. The first-order valence-electron chi connectivity index (χ1n) is 17.6. The normalized spacial score (nSPS) is 11.5. The van der Waals surface area contributed by atoms with Gasteiger partial charge in [0, 0.05) is 16.5 Å². The molecule has 10 aromatic rings. The quantitative estimate of drug-likeness (QED) is 0.164. The number of aromatic nitrogens is 1. The molecule has 1 heterocycles. The molecule has 0 bridgehead atoms. The van der Waals surface area contributed by atoms with E-state index in [1.165, 1.54) is 93.5 Å².